The third-order valence-corrected chi connectivity index (χ3v) is 4.26. The van der Waals surface area contributed by atoms with Crippen LogP contribution >= 0.6 is 0 Å². The van der Waals surface area contributed by atoms with E-state index < -0.39 is 11.1 Å². The van der Waals surface area contributed by atoms with Gasteiger partial charge in [0.15, 0.2) is 11.1 Å². The number of amides is 1. The zero-order chi connectivity index (χ0) is 15.1. The third kappa shape index (κ3) is 6.22. The van der Waals surface area contributed by atoms with Crippen LogP contribution in [0, 0.1) is 11.8 Å². The van der Waals surface area contributed by atoms with Crippen LogP contribution in [-0.2, 0) is 20.0 Å². The van der Waals surface area contributed by atoms with Crippen LogP contribution in [0.4, 0.5) is 4.79 Å². The largest absolute Gasteiger partial charge is 0.447 e. The molecule has 1 unspecified atom stereocenters. The zero-order valence-corrected chi connectivity index (χ0v) is 13.8. The van der Waals surface area contributed by atoms with Gasteiger partial charge in [0.1, 0.15) is 0 Å². The molecule has 0 aromatic carbocycles. The van der Waals surface area contributed by atoms with E-state index in [0.717, 1.165) is 32.4 Å². The summed E-state index contributed by atoms with van der Waals surface area (Å²) in [6.07, 6.45) is 4.21. The summed E-state index contributed by atoms with van der Waals surface area (Å²) >= 11 is -1.17. The van der Waals surface area contributed by atoms with E-state index in [9.17, 15) is 9.00 Å². The van der Waals surface area contributed by atoms with Gasteiger partial charge >= 0.3 is 6.09 Å². The van der Waals surface area contributed by atoms with Crippen LogP contribution in [0.15, 0.2) is 0 Å². The van der Waals surface area contributed by atoms with Crippen molar-refractivity contribution in [1.82, 2.24) is 4.90 Å². The molecule has 1 rings (SSSR count). The third-order valence-electron chi connectivity index (χ3n) is 3.76. The highest BCUT2D eigenvalue weighted by Gasteiger charge is 2.27. The summed E-state index contributed by atoms with van der Waals surface area (Å²) in [5.74, 6) is 1.13. The lowest BCUT2D eigenvalue weighted by Crippen LogP contribution is -2.41. The number of carbonyl (C=O) groups is 1. The molecule has 5 nitrogen and oxygen atoms in total. The van der Waals surface area contributed by atoms with Gasteiger partial charge in [-0.05, 0) is 44.9 Å². The maximum absolute atomic E-state index is 11.8. The molecule has 0 bridgehead atoms. The summed E-state index contributed by atoms with van der Waals surface area (Å²) in [5, 5.41) is 0. The van der Waals surface area contributed by atoms with Crippen molar-refractivity contribution in [2.45, 2.75) is 46.1 Å². The maximum Gasteiger partial charge on any atom is 0.410 e. The lowest BCUT2D eigenvalue weighted by Gasteiger charge is -2.34. The Morgan fingerprint density at radius 1 is 1.30 bits per heavy atom. The topological polar surface area (TPSA) is 55.8 Å². The minimum absolute atomic E-state index is 0.0637. The zero-order valence-electron chi connectivity index (χ0n) is 13.0. The summed E-state index contributed by atoms with van der Waals surface area (Å²) in [7, 11) is 0. The van der Waals surface area contributed by atoms with Gasteiger partial charge in [0, 0.05) is 19.3 Å². The summed E-state index contributed by atoms with van der Waals surface area (Å²) in [5.41, 5.74) is 0. The Labute approximate surface area is 124 Å². The van der Waals surface area contributed by atoms with Gasteiger partial charge in [-0.1, -0.05) is 6.92 Å². The smallest absolute Gasteiger partial charge is 0.410 e. The number of hydrogen-bond donors (Lipinski definition) is 0. The van der Waals surface area contributed by atoms with Crippen molar-refractivity contribution in [3.05, 3.63) is 0 Å². The summed E-state index contributed by atoms with van der Waals surface area (Å²) in [6, 6.07) is 0. The summed E-state index contributed by atoms with van der Waals surface area (Å²) in [4.78, 5) is 13.6. The van der Waals surface area contributed by atoms with E-state index in [0.29, 0.717) is 18.4 Å². The molecule has 0 saturated carbocycles. The van der Waals surface area contributed by atoms with Gasteiger partial charge < -0.3 is 9.64 Å². The van der Waals surface area contributed by atoms with E-state index in [4.69, 9.17) is 8.92 Å². The first kappa shape index (κ1) is 17.4. The fraction of sp³-hybridized carbons (Fsp3) is 0.929. The molecule has 1 heterocycles. The van der Waals surface area contributed by atoms with E-state index in [1.807, 2.05) is 13.8 Å². The second-order valence-electron chi connectivity index (χ2n) is 5.75. The van der Waals surface area contributed by atoms with Crippen LogP contribution in [0.25, 0.3) is 0 Å². The maximum atomic E-state index is 11.8. The predicted molar refractivity (Wildman–Crippen MR) is 79.7 cm³/mol. The van der Waals surface area contributed by atoms with Crippen LogP contribution in [0.5, 0.6) is 0 Å². The van der Waals surface area contributed by atoms with E-state index >= 15 is 0 Å². The molecule has 6 heteroatoms. The molecule has 1 saturated heterocycles. The fourth-order valence-corrected chi connectivity index (χ4v) is 2.85. The molecule has 1 aliphatic heterocycles. The van der Waals surface area contributed by atoms with Crippen molar-refractivity contribution < 1.29 is 17.9 Å². The first-order valence-electron chi connectivity index (χ1n) is 7.32. The molecule has 1 amide bonds. The summed E-state index contributed by atoms with van der Waals surface area (Å²) in [6.45, 7) is 8.01. The highest BCUT2D eigenvalue weighted by atomic mass is 32.2. The standard InChI is InChI=1S/C14H27NO4S/c1-11(2)19-14(16)15-8-5-13(6-9-15)12(3)7-10-18-20(4)17/h11-13H,5-10H2,1-4H3/t12-,20?/m1/s1. The Bertz CT molecular complexity index is 327. The first-order chi connectivity index (χ1) is 9.40. The molecule has 0 aromatic rings. The van der Waals surface area contributed by atoms with Crippen LogP contribution in [0.3, 0.4) is 0 Å². The molecule has 118 valence electrons. The molecule has 0 spiro atoms. The van der Waals surface area contributed by atoms with Crippen LogP contribution < -0.4 is 0 Å². The van der Waals surface area contributed by atoms with E-state index in [-0.39, 0.29) is 12.2 Å². The minimum Gasteiger partial charge on any atom is -0.447 e. The van der Waals surface area contributed by atoms with Gasteiger partial charge in [0.05, 0.1) is 12.7 Å². The lowest BCUT2D eigenvalue weighted by atomic mass is 9.84. The van der Waals surface area contributed by atoms with Gasteiger partial charge in [-0.15, -0.1) is 0 Å². The number of carbonyl (C=O) groups excluding carboxylic acids is 1. The molecule has 0 radical (unpaired) electrons. The fourth-order valence-electron chi connectivity index (χ4n) is 2.51. The number of likely N-dealkylation sites (tertiary alicyclic amines) is 1. The quantitative estimate of drug-likeness (QED) is 0.757. The SMILES string of the molecule is CC(C)OC(=O)N1CCC([C@H](C)CCOS(C)=O)CC1. The van der Waals surface area contributed by atoms with Gasteiger partial charge in [-0.3, -0.25) is 4.18 Å². The van der Waals surface area contributed by atoms with Crippen molar-refractivity contribution in [2.75, 3.05) is 26.0 Å². The molecule has 0 aliphatic carbocycles. The van der Waals surface area contributed by atoms with Crippen molar-refractivity contribution in [3.63, 3.8) is 0 Å². The molecule has 1 fully saturated rings. The molecule has 20 heavy (non-hydrogen) atoms. The average Bonchev–Trinajstić information content (AvgIpc) is 2.37. The predicted octanol–water partition coefficient (Wildman–Crippen LogP) is 2.58. The highest BCUT2D eigenvalue weighted by molar-refractivity contribution is 7.79. The van der Waals surface area contributed by atoms with Gasteiger partial charge in [-0.25, -0.2) is 9.00 Å². The van der Waals surface area contributed by atoms with Crippen molar-refractivity contribution in [1.29, 1.82) is 0 Å². The average molecular weight is 305 g/mol. The van der Waals surface area contributed by atoms with Crippen molar-refractivity contribution >= 4 is 17.2 Å². The second-order valence-corrected chi connectivity index (χ2v) is 6.78. The van der Waals surface area contributed by atoms with Crippen molar-refractivity contribution in [3.8, 4) is 0 Å². The molecule has 2 atom stereocenters. The molecule has 1 aliphatic rings. The number of piperidine rings is 1. The Morgan fingerprint density at radius 2 is 1.90 bits per heavy atom. The van der Waals surface area contributed by atoms with E-state index in [2.05, 4.69) is 6.92 Å². The normalized spacial score (nSPS) is 19.9. The van der Waals surface area contributed by atoms with Gasteiger partial charge in [0.2, 0.25) is 0 Å². The molecular weight excluding hydrogens is 278 g/mol. The highest BCUT2D eigenvalue weighted by Crippen LogP contribution is 2.27. The lowest BCUT2D eigenvalue weighted by molar-refractivity contribution is 0.0598. The van der Waals surface area contributed by atoms with Crippen LogP contribution in [0.2, 0.25) is 0 Å². The van der Waals surface area contributed by atoms with E-state index in [1.54, 1.807) is 11.2 Å². The second kappa shape index (κ2) is 8.62. The molecular formula is C14H27NO4S. The summed E-state index contributed by atoms with van der Waals surface area (Å²) < 4.78 is 21.1. The minimum atomic E-state index is -1.17. The van der Waals surface area contributed by atoms with E-state index in [1.165, 1.54) is 0 Å². The Morgan fingerprint density at radius 3 is 2.40 bits per heavy atom. The van der Waals surface area contributed by atoms with Gasteiger partial charge in [0.25, 0.3) is 0 Å². The number of hydrogen-bond acceptors (Lipinski definition) is 4. The van der Waals surface area contributed by atoms with Crippen LogP contribution in [-0.4, -0.2) is 47.3 Å². The molecule has 0 aromatic heterocycles. The Kier molecular flexibility index (Phi) is 7.51. The number of rotatable bonds is 6. The Hall–Kier alpha value is -0.620. The monoisotopic (exact) mass is 305 g/mol. The molecule has 0 N–H and O–H groups in total. The van der Waals surface area contributed by atoms with Crippen LogP contribution in [0.1, 0.15) is 40.0 Å². The van der Waals surface area contributed by atoms with Gasteiger partial charge in [-0.2, -0.15) is 0 Å². The van der Waals surface area contributed by atoms with Crippen molar-refractivity contribution in [2.24, 2.45) is 11.8 Å². The number of nitrogens with zero attached hydrogens (tertiary/aromatic N) is 1. The first-order valence-corrected chi connectivity index (χ1v) is 8.80. The number of ether oxygens (including phenoxy) is 1. The Balaban J connectivity index is 2.27.